The van der Waals surface area contributed by atoms with Crippen LogP contribution in [0.5, 0.6) is 0 Å². The van der Waals surface area contributed by atoms with Crippen LogP contribution in [0.2, 0.25) is 0 Å². The van der Waals surface area contributed by atoms with Crippen molar-refractivity contribution in [3.63, 3.8) is 0 Å². The van der Waals surface area contributed by atoms with Crippen molar-refractivity contribution in [2.45, 2.75) is 18.9 Å². The third-order valence-corrected chi connectivity index (χ3v) is 3.62. The molecule has 2 aromatic rings. The van der Waals surface area contributed by atoms with Crippen molar-refractivity contribution in [2.75, 3.05) is 0 Å². The summed E-state index contributed by atoms with van der Waals surface area (Å²) in [6.07, 6.45) is 0.106. The van der Waals surface area contributed by atoms with Gasteiger partial charge in [0.05, 0.1) is 10.1 Å². The molecule has 2 aromatic carbocycles. The van der Waals surface area contributed by atoms with Crippen LogP contribution in [0.15, 0.2) is 40.9 Å². The summed E-state index contributed by atoms with van der Waals surface area (Å²) in [5.41, 5.74) is -0.677. The summed E-state index contributed by atoms with van der Waals surface area (Å²) in [5, 5.41) is 10.4. The highest BCUT2D eigenvalue weighted by atomic mass is 79.9. The molecule has 0 heterocycles. The molecule has 2 rings (SSSR count). The van der Waals surface area contributed by atoms with E-state index < -0.39 is 23.1 Å². The molecule has 0 fully saturated rings. The molecule has 0 radical (unpaired) electrons. The summed E-state index contributed by atoms with van der Waals surface area (Å²) in [7, 11) is 0. The van der Waals surface area contributed by atoms with E-state index in [0.717, 1.165) is 18.2 Å². The first-order valence-electron chi connectivity index (χ1n) is 5.91. The van der Waals surface area contributed by atoms with Crippen LogP contribution in [0, 0.1) is 17.5 Å². The maximum Gasteiger partial charge on any atom is 0.137 e. The van der Waals surface area contributed by atoms with E-state index in [-0.39, 0.29) is 16.5 Å². The molecule has 0 saturated carbocycles. The van der Waals surface area contributed by atoms with Crippen molar-refractivity contribution in [1.82, 2.24) is 0 Å². The average molecular weight is 345 g/mol. The van der Waals surface area contributed by atoms with E-state index >= 15 is 0 Å². The molecule has 1 atom stereocenters. The first-order chi connectivity index (χ1) is 9.28. The fraction of sp³-hybridized carbons (Fsp3) is 0.200. The van der Waals surface area contributed by atoms with Gasteiger partial charge in [-0.25, -0.2) is 13.2 Å². The lowest BCUT2D eigenvalue weighted by Gasteiger charge is -2.24. The Balaban J connectivity index is 2.32. The molecule has 0 amide bonds. The Morgan fingerprint density at radius 2 is 1.65 bits per heavy atom. The first kappa shape index (κ1) is 15.1. The van der Waals surface area contributed by atoms with Crippen molar-refractivity contribution in [3.8, 4) is 0 Å². The summed E-state index contributed by atoms with van der Waals surface area (Å²) >= 11 is 3.06. The van der Waals surface area contributed by atoms with Gasteiger partial charge in [-0.1, -0.05) is 6.07 Å². The number of rotatable bonds is 3. The Labute approximate surface area is 123 Å². The van der Waals surface area contributed by atoms with Crippen LogP contribution in [0.25, 0.3) is 0 Å². The van der Waals surface area contributed by atoms with E-state index in [1.165, 1.54) is 25.1 Å². The Kier molecular flexibility index (Phi) is 4.20. The van der Waals surface area contributed by atoms with Gasteiger partial charge >= 0.3 is 0 Å². The summed E-state index contributed by atoms with van der Waals surface area (Å²) in [5.74, 6) is -1.91. The predicted molar refractivity (Wildman–Crippen MR) is 73.7 cm³/mol. The summed E-state index contributed by atoms with van der Waals surface area (Å²) < 4.78 is 39.8. The lowest BCUT2D eigenvalue weighted by atomic mass is 9.89. The van der Waals surface area contributed by atoms with Crippen LogP contribution in [0.4, 0.5) is 13.2 Å². The van der Waals surface area contributed by atoms with Crippen molar-refractivity contribution >= 4 is 15.9 Å². The Bertz CT molecular complexity index is 621. The minimum atomic E-state index is -1.46. The van der Waals surface area contributed by atoms with Crippen LogP contribution in [-0.2, 0) is 12.0 Å². The largest absolute Gasteiger partial charge is 0.385 e. The van der Waals surface area contributed by atoms with E-state index in [4.69, 9.17) is 0 Å². The molecule has 0 aliphatic heterocycles. The van der Waals surface area contributed by atoms with Gasteiger partial charge < -0.3 is 5.11 Å². The minimum absolute atomic E-state index is 0.106. The second-order valence-electron chi connectivity index (χ2n) is 4.86. The fourth-order valence-electron chi connectivity index (χ4n) is 2.01. The highest BCUT2D eigenvalue weighted by Crippen LogP contribution is 2.28. The van der Waals surface area contributed by atoms with E-state index in [1.807, 2.05) is 0 Å². The minimum Gasteiger partial charge on any atom is -0.385 e. The summed E-state index contributed by atoms with van der Waals surface area (Å²) in [6, 6.07) is 7.22. The van der Waals surface area contributed by atoms with Crippen LogP contribution >= 0.6 is 15.9 Å². The molecular formula is C15H12BrF3O. The van der Waals surface area contributed by atoms with Gasteiger partial charge in [0.15, 0.2) is 0 Å². The van der Waals surface area contributed by atoms with Gasteiger partial charge in [0, 0.05) is 12.5 Å². The molecular weight excluding hydrogens is 333 g/mol. The molecule has 20 heavy (non-hydrogen) atoms. The Hall–Kier alpha value is -1.33. The molecule has 0 spiro atoms. The lowest BCUT2D eigenvalue weighted by molar-refractivity contribution is 0.0569. The zero-order chi connectivity index (χ0) is 14.9. The van der Waals surface area contributed by atoms with Crippen molar-refractivity contribution < 1.29 is 18.3 Å². The third kappa shape index (κ3) is 3.41. The van der Waals surface area contributed by atoms with Crippen LogP contribution in [0.1, 0.15) is 18.1 Å². The predicted octanol–water partition coefficient (Wildman–Crippen LogP) is 4.32. The molecule has 1 unspecified atom stereocenters. The molecule has 0 saturated heterocycles. The van der Waals surface area contributed by atoms with Gasteiger partial charge in [0.25, 0.3) is 0 Å². The van der Waals surface area contributed by atoms with E-state index in [9.17, 15) is 18.3 Å². The Morgan fingerprint density at radius 3 is 2.20 bits per heavy atom. The number of halogens is 4. The molecule has 106 valence electrons. The van der Waals surface area contributed by atoms with Crippen LogP contribution in [0.3, 0.4) is 0 Å². The molecule has 1 nitrogen and oxygen atoms in total. The summed E-state index contributed by atoms with van der Waals surface area (Å²) in [6.45, 7) is 1.46. The van der Waals surface area contributed by atoms with Gasteiger partial charge in [0.1, 0.15) is 17.5 Å². The zero-order valence-electron chi connectivity index (χ0n) is 10.6. The van der Waals surface area contributed by atoms with Gasteiger partial charge in [0.2, 0.25) is 0 Å². The summed E-state index contributed by atoms with van der Waals surface area (Å²) in [4.78, 5) is 0. The Morgan fingerprint density at radius 1 is 1.05 bits per heavy atom. The fourth-order valence-corrected chi connectivity index (χ4v) is 2.44. The highest BCUT2D eigenvalue weighted by Gasteiger charge is 2.25. The maximum atomic E-state index is 13.2. The maximum absolute atomic E-state index is 13.2. The van der Waals surface area contributed by atoms with E-state index in [2.05, 4.69) is 15.9 Å². The number of aliphatic hydroxyl groups is 1. The number of benzene rings is 2. The first-order valence-corrected chi connectivity index (χ1v) is 6.70. The van der Waals surface area contributed by atoms with Crippen molar-refractivity contribution in [3.05, 3.63) is 69.4 Å². The van der Waals surface area contributed by atoms with Crippen molar-refractivity contribution in [2.24, 2.45) is 0 Å². The number of hydrogen-bond acceptors (Lipinski definition) is 1. The molecule has 0 aromatic heterocycles. The van der Waals surface area contributed by atoms with E-state index in [0.29, 0.717) is 5.56 Å². The SMILES string of the molecule is CC(O)(Cc1ccc(F)c(Br)c1)c1cc(F)cc(F)c1. The monoisotopic (exact) mass is 344 g/mol. The van der Waals surface area contributed by atoms with Crippen LogP contribution < -0.4 is 0 Å². The molecule has 0 aliphatic carbocycles. The molecule has 1 N–H and O–H groups in total. The topological polar surface area (TPSA) is 20.2 Å². The standard InChI is InChI=1S/C15H12BrF3O/c1-15(20,10-5-11(17)7-12(18)6-10)8-9-2-3-14(19)13(16)4-9/h2-7,20H,8H2,1H3. The third-order valence-electron chi connectivity index (χ3n) is 3.02. The van der Waals surface area contributed by atoms with E-state index in [1.54, 1.807) is 0 Å². The smallest absolute Gasteiger partial charge is 0.137 e. The second-order valence-corrected chi connectivity index (χ2v) is 5.71. The lowest BCUT2D eigenvalue weighted by Crippen LogP contribution is -2.24. The molecule has 5 heteroatoms. The molecule has 0 bridgehead atoms. The second kappa shape index (κ2) is 5.58. The highest BCUT2D eigenvalue weighted by molar-refractivity contribution is 9.10. The van der Waals surface area contributed by atoms with Crippen molar-refractivity contribution in [1.29, 1.82) is 0 Å². The van der Waals surface area contributed by atoms with Gasteiger partial charge in [-0.3, -0.25) is 0 Å². The molecule has 0 aliphatic rings. The van der Waals surface area contributed by atoms with Gasteiger partial charge in [-0.2, -0.15) is 0 Å². The van der Waals surface area contributed by atoms with Gasteiger partial charge in [-0.05, 0) is 58.2 Å². The quantitative estimate of drug-likeness (QED) is 0.879. The van der Waals surface area contributed by atoms with Gasteiger partial charge in [-0.15, -0.1) is 0 Å². The van der Waals surface area contributed by atoms with Crippen LogP contribution in [-0.4, -0.2) is 5.11 Å². The average Bonchev–Trinajstić information content (AvgIpc) is 2.32. The zero-order valence-corrected chi connectivity index (χ0v) is 12.2. The normalized spacial score (nSPS) is 14.1. The number of hydrogen-bond donors (Lipinski definition) is 1.